The predicted octanol–water partition coefficient (Wildman–Crippen LogP) is 1.93. The van der Waals surface area contributed by atoms with Crippen molar-refractivity contribution in [3.8, 4) is 0 Å². The zero-order chi connectivity index (χ0) is 17.4. The first-order valence-electron chi connectivity index (χ1n) is 7.79. The average molecular weight is 357 g/mol. The van der Waals surface area contributed by atoms with Crippen molar-refractivity contribution in [2.45, 2.75) is 29.8 Å². The van der Waals surface area contributed by atoms with Crippen LogP contribution in [0.15, 0.2) is 34.5 Å². The van der Waals surface area contributed by atoms with Gasteiger partial charge in [-0.25, -0.2) is 9.78 Å². The number of hydrogen-bond donors (Lipinski definition) is 1. The summed E-state index contributed by atoms with van der Waals surface area (Å²) >= 11 is 1.47. The molecule has 2 heterocycles. The van der Waals surface area contributed by atoms with Crippen LogP contribution in [0.25, 0.3) is 10.9 Å². The molecule has 0 amide bonds. The summed E-state index contributed by atoms with van der Waals surface area (Å²) in [5.41, 5.74) is 0.590. The minimum absolute atomic E-state index is 0.235. The minimum Gasteiger partial charge on any atom is -0.465 e. The normalized spacial score (nSPS) is 14.0. The molecule has 1 aliphatic rings. The van der Waals surface area contributed by atoms with Gasteiger partial charge in [0.1, 0.15) is 12.2 Å². The van der Waals surface area contributed by atoms with Crippen LogP contribution in [0.3, 0.4) is 0 Å². The lowest BCUT2D eigenvalue weighted by molar-refractivity contribution is 0.0601. The molecule has 8 nitrogen and oxygen atoms in total. The maximum Gasteiger partial charge on any atom is 0.337 e. The lowest BCUT2D eigenvalue weighted by atomic mass is 10.1. The van der Waals surface area contributed by atoms with E-state index in [-0.39, 0.29) is 5.56 Å². The Balaban J connectivity index is 1.61. The first-order valence-corrected chi connectivity index (χ1v) is 8.78. The molecule has 9 heteroatoms. The van der Waals surface area contributed by atoms with E-state index in [1.165, 1.54) is 18.9 Å². The van der Waals surface area contributed by atoms with Crippen molar-refractivity contribution in [3.63, 3.8) is 0 Å². The topological polar surface area (TPSA) is 103 Å². The lowest BCUT2D eigenvalue weighted by Crippen LogP contribution is -2.12. The van der Waals surface area contributed by atoms with Crippen molar-refractivity contribution in [3.05, 3.63) is 46.3 Å². The maximum absolute atomic E-state index is 12.2. The van der Waals surface area contributed by atoms with E-state index in [1.54, 1.807) is 24.5 Å². The third-order valence-electron chi connectivity index (χ3n) is 4.00. The Morgan fingerprint density at radius 3 is 3.04 bits per heavy atom. The molecule has 0 spiro atoms. The third-order valence-corrected chi connectivity index (χ3v) is 4.96. The number of methoxy groups -OCH3 is 1. The van der Waals surface area contributed by atoms with Gasteiger partial charge in [-0.05, 0) is 31.0 Å². The summed E-state index contributed by atoms with van der Waals surface area (Å²) in [6.45, 7) is 0. The molecule has 1 saturated carbocycles. The quantitative estimate of drug-likeness (QED) is 0.550. The predicted molar refractivity (Wildman–Crippen MR) is 91.6 cm³/mol. The Morgan fingerprint density at radius 2 is 2.28 bits per heavy atom. The molecule has 4 rings (SSSR count). The van der Waals surface area contributed by atoms with Gasteiger partial charge in [-0.2, -0.15) is 0 Å². The summed E-state index contributed by atoms with van der Waals surface area (Å²) in [5, 5.41) is 9.32. The van der Waals surface area contributed by atoms with E-state index < -0.39 is 5.97 Å². The fraction of sp³-hybridized carbons (Fsp3) is 0.312. The molecule has 0 bridgehead atoms. The second-order valence-corrected chi connectivity index (χ2v) is 6.72. The maximum atomic E-state index is 12.2. The summed E-state index contributed by atoms with van der Waals surface area (Å²) in [4.78, 5) is 31.1. The van der Waals surface area contributed by atoms with Gasteiger partial charge < -0.3 is 14.3 Å². The summed E-state index contributed by atoms with van der Waals surface area (Å²) in [7, 11) is 1.32. The van der Waals surface area contributed by atoms with Gasteiger partial charge in [0.05, 0.1) is 29.3 Å². The van der Waals surface area contributed by atoms with E-state index in [4.69, 9.17) is 4.74 Å². The summed E-state index contributed by atoms with van der Waals surface area (Å²) in [6.07, 6.45) is 4.03. The van der Waals surface area contributed by atoms with Crippen LogP contribution >= 0.6 is 11.8 Å². The molecule has 0 saturated heterocycles. The molecular weight excluding hydrogens is 342 g/mol. The zero-order valence-electron chi connectivity index (χ0n) is 13.4. The largest absolute Gasteiger partial charge is 0.465 e. The average Bonchev–Trinajstić information content (AvgIpc) is 3.36. The van der Waals surface area contributed by atoms with Crippen molar-refractivity contribution < 1.29 is 9.53 Å². The van der Waals surface area contributed by atoms with Crippen LogP contribution in [0.4, 0.5) is 0 Å². The van der Waals surface area contributed by atoms with Gasteiger partial charge in [0.15, 0.2) is 5.16 Å². The van der Waals surface area contributed by atoms with Gasteiger partial charge >= 0.3 is 5.97 Å². The number of aromatic nitrogens is 5. The van der Waals surface area contributed by atoms with E-state index in [9.17, 15) is 9.59 Å². The van der Waals surface area contributed by atoms with E-state index >= 15 is 0 Å². The van der Waals surface area contributed by atoms with Gasteiger partial charge in [-0.3, -0.25) is 4.79 Å². The third kappa shape index (κ3) is 3.14. The number of hydrogen-bond acceptors (Lipinski definition) is 7. The molecule has 1 fully saturated rings. The van der Waals surface area contributed by atoms with Crippen LogP contribution in [0.2, 0.25) is 0 Å². The molecule has 3 aromatic rings. The number of esters is 1. The number of nitrogens with zero attached hydrogens (tertiary/aromatic N) is 4. The highest BCUT2D eigenvalue weighted by molar-refractivity contribution is 7.98. The van der Waals surface area contributed by atoms with Gasteiger partial charge in [0, 0.05) is 6.04 Å². The first kappa shape index (κ1) is 15.8. The number of nitrogens with one attached hydrogen (secondary N) is 1. The molecule has 128 valence electrons. The molecule has 0 aliphatic heterocycles. The molecule has 0 radical (unpaired) electrons. The second kappa shape index (κ2) is 6.32. The van der Waals surface area contributed by atoms with E-state index in [0.29, 0.717) is 34.1 Å². The Bertz CT molecular complexity index is 1010. The van der Waals surface area contributed by atoms with Crippen molar-refractivity contribution in [1.29, 1.82) is 0 Å². The number of aromatic amines is 1. The molecule has 2 aromatic heterocycles. The fourth-order valence-corrected chi connectivity index (χ4v) is 3.43. The van der Waals surface area contributed by atoms with E-state index in [0.717, 1.165) is 18.0 Å². The number of thioether (sulfide) groups is 1. The highest BCUT2D eigenvalue weighted by Gasteiger charge is 2.26. The standard InChI is InChI=1S/C16H15N5O3S/c1-24-15(23)9-2-5-11-12(6-9)18-13(19-14(11)22)7-25-16-20-17-8-21(16)10-3-4-10/h2,5-6,8,10H,3-4,7H2,1H3,(H,18,19,22). The minimum atomic E-state index is -0.461. The van der Waals surface area contributed by atoms with Crippen LogP contribution in [-0.2, 0) is 10.5 Å². The number of carbonyl (C=O) groups is 1. The van der Waals surface area contributed by atoms with Crippen molar-refractivity contribution >= 4 is 28.6 Å². The Morgan fingerprint density at radius 1 is 1.44 bits per heavy atom. The molecule has 25 heavy (non-hydrogen) atoms. The molecule has 1 N–H and O–H groups in total. The summed E-state index contributed by atoms with van der Waals surface area (Å²) in [5.74, 6) is 0.520. The highest BCUT2D eigenvalue weighted by atomic mass is 32.2. The summed E-state index contributed by atoms with van der Waals surface area (Å²) < 4.78 is 6.76. The van der Waals surface area contributed by atoms with Crippen molar-refractivity contribution in [1.82, 2.24) is 24.7 Å². The van der Waals surface area contributed by atoms with Crippen LogP contribution in [-0.4, -0.2) is 37.8 Å². The smallest absolute Gasteiger partial charge is 0.337 e. The van der Waals surface area contributed by atoms with E-state index in [2.05, 4.69) is 24.7 Å². The molecule has 1 aliphatic carbocycles. The van der Waals surface area contributed by atoms with Crippen LogP contribution in [0.5, 0.6) is 0 Å². The number of ether oxygens (including phenoxy) is 1. The number of carbonyl (C=O) groups excluding carboxylic acids is 1. The van der Waals surface area contributed by atoms with Gasteiger partial charge in [0.25, 0.3) is 5.56 Å². The Hall–Kier alpha value is -2.68. The second-order valence-electron chi connectivity index (χ2n) is 5.78. The van der Waals surface area contributed by atoms with Crippen LogP contribution < -0.4 is 5.56 Å². The number of rotatable bonds is 5. The summed E-state index contributed by atoms with van der Waals surface area (Å²) in [6, 6.07) is 5.19. The first-order chi connectivity index (χ1) is 12.2. The van der Waals surface area contributed by atoms with Crippen LogP contribution in [0.1, 0.15) is 35.1 Å². The Labute approximate surface area is 146 Å². The number of fused-ring (bicyclic) bond motifs is 1. The Kier molecular flexibility index (Phi) is 4.00. The molecule has 1 aromatic carbocycles. The molecular formula is C16H15N5O3S. The van der Waals surface area contributed by atoms with Crippen LogP contribution in [0, 0.1) is 0 Å². The SMILES string of the molecule is COC(=O)c1ccc2c(=O)[nH]c(CSc3nncn3C3CC3)nc2c1. The fourth-order valence-electron chi connectivity index (χ4n) is 2.57. The van der Waals surface area contributed by atoms with Crippen molar-refractivity contribution in [2.24, 2.45) is 0 Å². The number of benzene rings is 1. The van der Waals surface area contributed by atoms with Gasteiger partial charge in [-0.15, -0.1) is 10.2 Å². The zero-order valence-corrected chi connectivity index (χ0v) is 14.2. The van der Waals surface area contributed by atoms with Gasteiger partial charge in [0.2, 0.25) is 0 Å². The monoisotopic (exact) mass is 357 g/mol. The lowest BCUT2D eigenvalue weighted by Gasteiger charge is -2.06. The molecule has 0 unspecified atom stereocenters. The van der Waals surface area contributed by atoms with Gasteiger partial charge in [-0.1, -0.05) is 11.8 Å². The van der Waals surface area contributed by atoms with Crippen molar-refractivity contribution in [2.75, 3.05) is 7.11 Å². The van der Waals surface area contributed by atoms with E-state index in [1.807, 2.05) is 0 Å². The number of H-pyrrole nitrogens is 1. The highest BCUT2D eigenvalue weighted by Crippen LogP contribution is 2.37. The molecule has 0 atom stereocenters.